The molecule has 2 saturated heterocycles. The molecule has 0 bridgehead atoms. The van der Waals surface area contributed by atoms with E-state index >= 15 is 0 Å². The van der Waals surface area contributed by atoms with Crippen LogP contribution in [-0.2, 0) is 4.79 Å². The fourth-order valence-electron chi connectivity index (χ4n) is 5.04. The Morgan fingerprint density at radius 3 is 2.37 bits per heavy atom. The Morgan fingerprint density at radius 1 is 1.00 bits per heavy atom. The average molecular weight is 432 g/mol. The van der Waals surface area contributed by atoms with Crippen molar-refractivity contribution in [2.45, 2.75) is 31.7 Å². The van der Waals surface area contributed by atoms with Crippen LogP contribution >= 0.6 is 11.8 Å². The standard InChI is InChI=1S/C23H33N3O3S/c1-29-20-8-4-7-19(17-20)22(27)25-11-9-24(10-12-25)21(18-5-2-3-6-18)23(28)26-13-15-30-16-14-26/h4,7-8,17-18,21H,2-3,5-6,9-16H2,1H3. The first kappa shape index (κ1) is 21.5. The van der Waals surface area contributed by atoms with Crippen LogP contribution in [0.25, 0.3) is 0 Å². The summed E-state index contributed by atoms with van der Waals surface area (Å²) in [5, 5.41) is 0. The fourth-order valence-corrected chi connectivity index (χ4v) is 5.94. The molecule has 1 aromatic rings. The van der Waals surface area contributed by atoms with Crippen molar-refractivity contribution >= 4 is 23.6 Å². The first-order valence-corrected chi connectivity index (χ1v) is 12.4. The summed E-state index contributed by atoms with van der Waals surface area (Å²) in [6.07, 6.45) is 4.78. The van der Waals surface area contributed by atoms with Gasteiger partial charge in [0.1, 0.15) is 5.75 Å². The second kappa shape index (κ2) is 10.1. The van der Waals surface area contributed by atoms with Crippen LogP contribution < -0.4 is 4.74 Å². The molecule has 0 radical (unpaired) electrons. The molecule has 164 valence electrons. The molecule has 7 heteroatoms. The number of ether oxygens (including phenoxy) is 1. The van der Waals surface area contributed by atoms with E-state index in [1.54, 1.807) is 13.2 Å². The van der Waals surface area contributed by atoms with Crippen molar-refractivity contribution in [3.8, 4) is 5.75 Å². The van der Waals surface area contributed by atoms with Gasteiger partial charge in [-0.15, -0.1) is 0 Å². The Hall–Kier alpha value is -1.73. The summed E-state index contributed by atoms with van der Waals surface area (Å²) in [5.74, 6) is 3.64. The van der Waals surface area contributed by atoms with E-state index in [-0.39, 0.29) is 11.9 Å². The molecule has 2 heterocycles. The third-order valence-corrected chi connectivity index (χ3v) is 7.68. The molecule has 6 nitrogen and oxygen atoms in total. The van der Waals surface area contributed by atoms with E-state index in [2.05, 4.69) is 9.80 Å². The minimum Gasteiger partial charge on any atom is -0.497 e. The zero-order valence-corrected chi connectivity index (χ0v) is 18.7. The lowest BCUT2D eigenvalue weighted by Gasteiger charge is -2.43. The highest BCUT2D eigenvalue weighted by Crippen LogP contribution is 2.32. The highest BCUT2D eigenvalue weighted by molar-refractivity contribution is 7.99. The fraction of sp³-hybridized carbons (Fsp3) is 0.652. The maximum absolute atomic E-state index is 13.5. The Bertz CT molecular complexity index is 739. The van der Waals surface area contributed by atoms with Gasteiger partial charge in [0.25, 0.3) is 5.91 Å². The molecule has 0 aromatic heterocycles. The number of benzene rings is 1. The predicted molar refractivity (Wildman–Crippen MR) is 120 cm³/mol. The van der Waals surface area contributed by atoms with Crippen LogP contribution in [0.5, 0.6) is 5.75 Å². The highest BCUT2D eigenvalue weighted by Gasteiger charge is 2.39. The van der Waals surface area contributed by atoms with Crippen molar-refractivity contribution < 1.29 is 14.3 Å². The summed E-state index contributed by atoms with van der Waals surface area (Å²) in [7, 11) is 1.61. The van der Waals surface area contributed by atoms with Crippen molar-refractivity contribution in [2.24, 2.45) is 5.92 Å². The van der Waals surface area contributed by atoms with Crippen molar-refractivity contribution in [3.63, 3.8) is 0 Å². The molecular weight excluding hydrogens is 398 g/mol. The van der Waals surface area contributed by atoms with Gasteiger partial charge in [0.05, 0.1) is 13.2 Å². The molecular formula is C23H33N3O3S. The smallest absolute Gasteiger partial charge is 0.254 e. The van der Waals surface area contributed by atoms with Crippen molar-refractivity contribution in [1.82, 2.24) is 14.7 Å². The summed E-state index contributed by atoms with van der Waals surface area (Å²) < 4.78 is 5.26. The average Bonchev–Trinajstić information content (AvgIpc) is 3.34. The Morgan fingerprint density at radius 2 is 1.70 bits per heavy atom. The molecule has 4 rings (SSSR count). The van der Waals surface area contributed by atoms with Crippen molar-refractivity contribution in [2.75, 3.05) is 57.9 Å². The topological polar surface area (TPSA) is 53.1 Å². The number of thioether (sulfide) groups is 1. The molecule has 3 fully saturated rings. The van der Waals surface area contributed by atoms with E-state index in [0.717, 1.165) is 50.5 Å². The van der Waals surface area contributed by atoms with Gasteiger partial charge in [0.2, 0.25) is 5.91 Å². The second-order valence-electron chi connectivity index (χ2n) is 8.49. The minimum absolute atomic E-state index is 0.00956. The Labute approximate surface area is 183 Å². The first-order valence-electron chi connectivity index (χ1n) is 11.2. The number of rotatable bonds is 5. The van der Waals surface area contributed by atoms with Crippen LogP contribution in [-0.4, -0.2) is 90.4 Å². The van der Waals surface area contributed by atoms with Gasteiger partial charge in [-0.25, -0.2) is 0 Å². The van der Waals surface area contributed by atoms with Gasteiger partial charge in [0.15, 0.2) is 0 Å². The number of amides is 2. The number of methoxy groups -OCH3 is 1. The number of carbonyl (C=O) groups is 2. The normalized spacial score (nSPS) is 22.2. The molecule has 1 aliphatic carbocycles. The molecule has 3 aliphatic rings. The largest absolute Gasteiger partial charge is 0.497 e. The van der Waals surface area contributed by atoms with Gasteiger partial charge in [0, 0.05) is 56.3 Å². The molecule has 1 unspecified atom stereocenters. The second-order valence-corrected chi connectivity index (χ2v) is 9.71. The molecule has 2 amide bonds. The summed E-state index contributed by atoms with van der Waals surface area (Å²) in [4.78, 5) is 32.8. The minimum atomic E-state index is -0.00956. The maximum Gasteiger partial charge on any atom is 0.254 e. The van der Waals surface area contributed by atoms with E-state index in [4.69, 9.17) is 4.74 Å². The molecule has 2 aliphatic heterocycles. The Balaban J connectivity index is 1.41. The van der Waals surface area contributed by atoms with Crippen LogP contribution in [0.3, 0.4) is 0 Å². The lowest BCUT2D eigenvalue weighted by molar-refractivity contribution is -0.139. The maximum atomic E-state index is 13.5. The molecule has 0 N–H and O–H groups in total. The van der Waals surface area contributed by atoms with Gasteiger partial charge in [-0.05, 0) is 37.0 Å². The van der Waals surface area contributed by atoms with Crippen LogP contribution in [0.1, 0.15) is 36.0 Å². The van der Waals surface area contributed by atoms with Crippen LogP contribution in [0.2, 0.25) is 0 Å². The van der Waals surface area contributed by atoms with E-state index in [0.29, 0.717) is 36.2 Å². The van der Waals surface area contributed by atoms with E-state index < -0.39 is 0 Å². The van der Waals surface area contributed by atoms with Gasteiger partial charge in [-0.3, -0.25) is 14.5 Å². The van der Waals surface area contributed by atoms with E-state index in [1.807, 2.05) is 34.9 Å². The van der Waals surface area contributed by atoms with Gasteiger partial charge >= 0.3 is 0 Å². The van der Waals surface area contributed by atoms with Crippen molar-refractivity contribution in [1.29, 1.82) is 0 Å². The molecule has 1 saturated carbocycles. The van der Waals surface area contributed by atoms with Gasteiger partial charge < -0.3 is 14.5 Å². The Kier molecular flexibility index (Phi) is 7.20. The van der Waals surface area contributed by atoms with E-state index in [1.165, 1.54) is 12.8 Å². The van der Waals surface area contributed by atoms with Crippen molar-refractivity contribution in [3.05, 3.63) is 29.8 Å². The van der Waals surface area contributed by atoms with Crippen LogP contribution in [0.4, 0.5) is 0 Å². The predicted octanol–water partition coefficient (Wildman–Crippen LogP) is 2.59. The number of piperazine rings is 1. The summed E-state index contributed by atoms with van der Waals surface area (Å²) in [6.45, 7) is 4.63. The third-order valence-electron chi connectivity index (χ3n) is 6.73. The molecule has 30 heavy (non-hydrogen) atoms. The lowest BCUT2D eigenvalue weighted by Crippen LogP contribution is -2.59. The number of nitrogens with zero attached hydrogens (tertiary/aromatic N) is 3. The third kappa shape index (κ3) is 4.78. The zero-order valence-electron chi connectivity index (χ0n) is 17.9. The number of hydrogen-bond acceptors (Lipinski definition) is 5. The van der Waals surface area contributed by atoms with Gasteiger partial charge in [-0.1, -0.05) is 18.9 Å². The van der Waals surface area contributed by atoms with E-state index in [9.17, 15) is 9.59 Å². The molecule has 0 spiro atoms. The zero-order chi connectivity index (χ0) is 20.9. The summed E-state index contributed by atoms with van der Waals surface area (Å²) in [5.41, 5.74) is 0.664. The van der Waals surface area contributed by atoms with Gasteiger partial charge in [-0.2, -0.15) is 11.8 Å². The molecule has 1 atom stereocenters. The van der Waals surface area contributed by atoms with Crippen LogP contribution in [0, 0.1) is 5.92 Å². The SMILES string of the molecule is COc1cccc(C(=O)N2CCN(C(C(=O)N3CCSCC3)C3CCCC3)CC2)c1. The first-order chi connectivity index (χ1) is 14.7. The summed E-state index contributed by atoms with van der Waals surface area (Å²) >= 11 is 1.94. The molecule has 1 aromatic carbocycles. The van der Waals surface area contributed by atoms with Crippen LogP contribution in [0.15, 0.2) is 24.3 Å². The monoisotopic (exact) mass is 431 g/mol. The highest BCUT2D eigenvalue weighted by atomic mass is 32.2. The number of carbonyl (C=O) groups excluding carboxylic acids is 2. The number of hydrogen-bond donors (Lipinski definition) is 0. The quantitative estimate of drug-likeness (QED) is 0.717. The summed E-state index contributed by atoms with van der Waals surface area (Å²) in [6, 6.07) is 7.34. The lowest BCUT2D eigenvalue weighted by atomic mass is 9.94.